The Labute approximate surface area is 122 Å². The summed E-state index contributed by atoms with van der Waals surface area (Å²) >= 11 is 0. The predicted octanol–water partition coefficient (Wildman–Crippen LogP) is 0.821. The molecule has 20 heavy (non-hydrogen) atoms. The number of nitrogens with two attached hydrogens (primary N) is 1. The van der Waals surface area contributed by atoms with Crippen LogP contribution in [-0.4, -0.2) is 39.5 Å². The number of hydrogen-bond donors (Lipinski definition) is 2. The molecule has 0 spiro atoms. The Balaban J connectivity index is 2.29. The van der Waals surface area contributed by atoms with Crippen molar-refractivity contribution in [2.75, 3.05) is 26.2 Å². The van der Waals surface area contributed by atoms with Crippen molar-refractivity contribution in [3.05, 3.63) is 0 Å². The molecule has 0 saturated carbocycles. The second kappa shape index (κ2) is 7.36. The lowest BCUT2D eigenvalue weighted by Crippen LogP contribution is -2.42. The van der Waals surface area contributed by atoms with E-state index in [9.17, 15) is 8.42 Å². The van der Waals surface area contributed by atoms with Gasteiger partial charge in [0.25, 0.3) is 10.2 Å². The fourth-order valence-electron chi connectivity index (χ4n) is 2.56. The number of nitrogens with one attached hydrogen (secondary N) is 1. The molecular formula is C13H26N4O2S. The van der Waals surface area contributed by atoms with Crippen LogP contribution in [0.2, 0.25) is 0 Å². The zero-order valence-corrected chi connectivity index (χ0v) is 13.2. The van der Waals surface area contributed by atoms with Crippen molar-refractivity contribution >= 4 is 10.2 Å². The minimum atomic E-state index is -3.59. The van der Waals surface area contributed by atoms with Crippen LogP contribution in [0.5, 0.6) is 0 Å². The first-order valence-electron chi connectivity index (χ1n) is 7.13. The average molecular weight is 302 g/mol. The molecule has 0 radical (unpaired) electrons. The van der Waals surface area contributed by atoms with Crippen LogP contribution in [0, 0.1) is 22.7 Å². The van der Waals surface area contributed by atoms with Crippen molar-refractivity contribution in [2.24, 2.45) is 16.5 Å². The molecule has 0 aromatic heterocycles. The van der Waals surface area contributed by atoms with Gasteiger partial charge in [-0.3, -0.25) is 0 Å². The first-order chi connectivity index (χ1) is 9.22. The van der Waals surface area contributed by atoms with E-state index >= 15 is 0 Å². The highest BCUT2D eigenvalue weighted by Gasteiger charge is 2.22. The van der Waals surface area contributed by atoms with Gasteiger partial charge in [0.2, 0.25) is 0 Å². The van der Waals surface area contributed by atoms with Crippen LogP contribution in [0.4, 0.5) is 0 Å². The summed E-state index contributed by atoms with van der Waals surface area (Å²) < 4.78 is 24.2. The van der Waals surface area contributed by atoms with Crippen LogP contribution in [0.3, 0.4) is 0 Å². The lowest BCUT2D eigenvalue weighted by molar-refractivity contribution is 0.169. The maximum absolute atomic E-state index is 10.9. The number of rotatable bonds is 7. The second-order valence-electron chi connectivity index (χ2n) is 6.30. The first-order valence-corrected chi connectivity index (χ1v) is 8.67. The number of nitriles is 1. The Morgan fingerprint density at radius 2 is 2.20 bits per heavy atom. The molecule has 1 atom stereocenters. The molecule has 0 unspecified atom stereocenters. The largest absolute Gasteiger partial charge is 0.303 e. The monoisotopic (exact) mass is 302 g/mol. The van der Waals surface area contributed by atoms with Crippen LogP contribution in [0.25, 0.3) is 0 Å². The number of piperidine rings is 1. The highest BCUT2D eigenvalue weighted by atomic mass is 32.2. The molecule has 1 aliphatic heterocycles. The molecule has 0 aromatic carbocycles. The normalized spacial score (nSPS) is 21.6. The van der Waals surface area contributed by atoms with Crippen molar-refractivity contribution in [1.82, 2.24) is 9.62 Å². The Kier molecular flexibility index (Phi) is 6.40. The minimum absolute atomic E-state index is 0.260. The van der Waals surface area contributed by atoms with Crippen molar-refractivity contribution in [2.45, 2.75) is 39.5 Å². The summed E-state index contributed by atoms with van der Waals surface area (Å²) in [6.45, 7) is 7.26. The fourth-order valence-corrected chi connectivity index (χ4v) is 3.02. The average Bonchev–Trinajstić information content (AvgIpc) is 2.36. The van der Waals surface area contributed by atoms with Crippen LogP contribution in [0.1, 0.15) is 39.5 Å². The fraction of sp³-hybridized carbons (Fsp3) is 0.923. The van der Waals surface area contributed by atoms with Crippen LogP contribution >= 0.6 is 0 Å². The van der Waals surface area contributed by atoms with E-state index in [1.807, 2.05) is 13.8 Å². The predicted molar refractivity (Wildman–Crippen MR) is 78.9 cm³/mol. The van der Waals surface area contributed by atoms with Crippen molar-refractivity contribution in [3.8, 4) is 6.07 Å². The smallest absolute Gasteiger partial charge is 0.274 e. The number of likely N-dealkylation sites (tertiary alicyclic amines) is 1. The van der Waals surface area contributed by atoms with Gasteiger partial charge in [0.15, 0.2) is 0 Å². The molecule has 1 saturated heterocycles. The third-order valence-corrected chi connectivity index (χ3v) is 4.32. The van der Waals surface area contributed by atoms with E-state index in [4.69, 9.17) is 10.4 Å². The van der Waals surface area contributed by atoms with E-state index < -0.39 is 10.2 Å². The Morgan fingerprint density at radius 1 is 1.50 bits per heavy atom. The summed E-state index contributed by atoms with van der Waals surface area (Å²) in [4.78, 5) is 2.35. The standard InChI is InChI=1S/C13H26N4O2S/c1-13(2,11-14)6-4-8-17-7-3-5-12(10-17)9-16-20(15,18)19/h12,16H,3-10H2,1-2H3,(H2,15,18,19)/t12-/m0/s1. The summed E-state index contributed by atoms with van der Waals surface area (Å²) in [5.74, 6) is 0.325. The van der Waals surface area contributed by atoms with E-state index in [1.54, 1.807) is 0 Å². The van der Waals surface area contributed by atoms with Gasteiger partial charge in [-0.15, -0.1) is 0 Å². The van der Waals surface area contributed by atoms with Crippen molar-refractivity contribution in [1.29, 1.82) is 5.26 Å². The third kappa shape index (κ3) is 7.20. The zero-order valence-electron chi connectivity index (χ0n) is 12.4. The maximum Gasteiger partial charge on any atom is 0.274 e. The molecule has 0 amide bonds. The summed E-state index contributed by atoms with van der Waals surface area (Å²) in [6.07, 6.45) is 4.00. The lowest BCUT2D eigenvalue weighted by atomic mass is 9.89. The molecule has 116 valence electrons. The second-order valence-corrected chi connectivity index (χ2v) is 7.68. The SMILES string of the molecule is CC(C)(C#N)CCCN1CCC[C@@H](CNS(N)(=O)=O)C1. The first kappa shape index (κ1) is 17.4. The van der Waals surface area contributed by atoms with Gasteiger partial charge in [-0.2, -0.15) is 13.7 Å². The summed E-state index contributed by atoms with van der Waals surface area (Å²) in [5.41, 5.74) is -0.260. The Bertz CT molecular complexity index is 442. The highest BCUT2D eigenvalue weighted by Crippen LogP contribution is 2.22. The molecule has 3 N–H and O–H groups in total. The molecule has 1 fully saturated rings. The minimum Gasteiger partial charge on any atom is -0.303 e. The van der Waals surface area contributed by atoms with Gasteiger partial charge in [-0.25, -0.2) is 9.86 Å². The van der Waals surface area contributed by atoms with Gasteiger partial charge in [-0.05, 0) is 58.5 Å². The van der Waals surface area contributed by atoms with E-state index in [2.05, 4.69) is 15.7 Å². The third-order valence-electron chi connectivity index (χ3n) is 3.76. The molecular weight excluding hydrogens is 276 g/mol. The van der Waals surface area contributed by atoms with E-state index in [0.717, 1.165) is 45.3 Å². The molecule has 6 nitrogen and oxygen atoms in total. The molecule has 0 aliphatic carbocycles. The topological polar surface area (TPSA) is 99.2 Å². The molecule has 7 heteroatoms. The van der Waals surface area contributed by atoms with Crippen LogP contribution < -0.4 is 9.86 Å². The Hall–Kier alpha value is -0.680. The highest BCUT2D eigenvalue weighted by molar-refractivity contribution is 7.87. The van der Waals surface area contributed by atoms with Gasteiger partial charge in [0.05, 0.1) is 11.5 Å². The molecule has 1 heterocycles. The number of hydrogen-bond acceptors (Lipinski definition) is 4. The quantitative estimate of drug-likeness (QED) is 0.727. The zero-order chi connectivity index (χ0) is 15.2. The molecule has 0 aromatic rings. The summed E-state index contributed by atoms with van der Waals surface area (Å²) in [6, 6.07) is 2.32. The van der Waals surface area contributed by atoms with Gasteiger partial charge in [-0.1, -0.05) is 0 Å². The van der Waals surface area contributed by atoms with E-state index in [-0.39, 0.29) is 5.41 Å². The van der Waals surface area contributed by atoms with Gasteiger partial charge < -0.3 is 4.90 Å². The Morgan fingerprint density at radius 3 is 2.80 bits per heavy atom. The van der Waals surface area contributed by atoms with Crippen LogP contribution in [0.15, 0.2) is 0 Å². The number of nitrogens with zero attached hydrogens (tertiary/aromatic N) is 2. The van der Waals surface area contributed by atoms with Crippen molar-refractivity contribution in [3.63, 3.8) is 0 Å². The van der Waals surface area contributed by atoms with Gasteiger partial charge >= 0.3 is 0 Å². The van der Waals surface area contributed by atoms with Crippen LogP contribution in [-0.2, 0) is 10.2 Å². The molecule has 1 rings (SSSR count). The van der Waals surface area contributed by atoms with Crippen molar-refractivity contribution < 1.29 is 8.42 Å². The maximum atomic E-state index is 10.9. The molecule has 0 bridgehead atoms. The summed E-state index contributed by atoms with van der Waals surface area (Å²) in [5, 5.41) is 13.9. The molecule has 1 aliphatic rings. The van der Waals surface area contributed by atoms with E-state index in [1.165, 1.54) is 0 Å². The van der Waals surface area contributed by atoms with Gasteiger partial charge in [0, 0.05) is 13.1 Å². The van der Waals surface area contributed by atoms with E-state index in [0.29, 0.717) is 12.5 Å². The lowest BCUT2D eigenvalue weighted by Gasteiger charge is -2.33. The summed E-state index contributed by atoms with van der Waals surface area (Å²) in [7, 11) is -3.59. The van der Waals surface area contributed by atoms with Gasteiger partial charge in [0.1, 0.15) is 0 Å².